The Labute approximate surface area is 101 Å². The van der Waals surface area contributed by atoms with Gasteiger partial charge in [-0.05, 0) is 25.7 Å². The van der Waals surface area contributed by atoms with Crippen molar-refractivity contribution in [1.29, 1.82) is 0 Å². The Hall–Kier alpha value is -0.650. The van der Waals surface area contributed by atoms with Crippen molar-refractivity contribution in [3.63, 3.8) is 0 Å². The van der Waals surface area contributed by atoms with E-state index in [2.05, 4.69) is 5.32 Å². The van der Waals surface area contributed by atoms with Crippen LogP contribution in [0.25, 0.3) is 0 Å². The zero-order valence-electron chi connectivity index (χ0n) is 9.93. The number of carbonyl (C=O) groups is 1. The lowest BCUT2D eigenvalue weighted by atomic mass is 9.68. The predicted molar refractivity (Wildman–Crippen MR) is 61.3 cm³/mol. The van der Waals surface area contributed by atoms with E-state index in [9.17, 15) is 4.79 Å². The first kappa shape index (κ1) is 11.4. The molecule has 3 N–H and O–H groups in total. The van der Waals surface area contributed by atoms with E-state index >= 15 is 0 Å². The van der Waals surface area contributed by atoms with Crippen molar-refractivity contribution in [2.24, 2.45) is 11.7 Å². The molecule has 0 spiro atoms. The largest absolute Gasteiger partial charge is 0.376 e. The summed E-state index contributed by atoms with van der Waals surface area (Å²) in [5, 5.41) is 2.99. The molecule has 17 heavy (non-hydrogen) atoms. The van der Waals surface area contributed by atoms with Gasteiger partial charge >= 0.3 is 0 Å². The van der Waals surface area contributed by atoms with E-state index in [1.807, 2.05) is 0 Å². The summed E-state index contributed by atoms with van der Waals surface area (Å²) >= 11 is 0. The Morgan fingerprint density at radius 2 is 1.94 bits per heavy atom. The maximum absolute atomic E-state index is 11.9. The molecule has 5 nitrogen and oxygen atoms in total. The SMILES string of the molecule is NC1C2CCCOC2C1NC(=O)[C@H]1CCCO1. The summed E-state index contributed by atoms with van der Waals surface area (Å²) in [5.41, 5.74) is 6.09. The number of fused-ring (bicyclic) bond motifs is 1. The van der Waals surface area contributed by atoms with Gasteiger partial charge in [0.2, 0.25) is 5.91 Å². The molecule has 96 valence electrons. The minimum Gasteiger partial charge on any atom is -0.376 e. The molecule has 0 aromatic rings. The van der Waals surface area contributed by atoms with Gasteiger partial charge < -0.3 is 20.5 Å². The molecular weight excluding hydrogens is 220 g/mol. The molecule has 2 saturated heterocycles. The Bertz CT molecular complexity index is 304. The Kier molecular flexibility index (Phi) is 3.06. The topological polar surface area (TPSA) is 73.6 Å². The smallest absolute Gasteiger partial charge is 0.249 e. The highest BCUT2D eigenvalue weighted by Crippen LogP contribution is 2.37. The van der Waals surface area contributed by atoms with Gasteiger partial charge in [-0.25, -0.2) is 0 Å². The van der Waals surface area contributed by atoms with Crippen LogP contribution in [0.15, 0.2) is 0 Å². The molecule has 5 heteroatoms. The van der Waals surface area contributed by atoms with Crippen LogP contribution in [0.2, 0.25) is 0 Å². The summed E-state index contributed by atoms with van der Waals surface area (Å²) in [6.45, 7) is 1.48. The molecule has 1 amide bonds. The first-order valence-electron chi connectivity index (χ1n) is 6.56. The second-order valence-corrected chi connectivity index (χ2v) is 5.25. The molecule has 3 rings (SSSR count). The molecular formula is C12H20N2O3. The van der Waals surface area contributed by atoms with Crippen molar-refractivity contribution >= 4 is 5.91 Å². The second kappa shape index (κ2) is 4.55. The molecule has 1 aliphatic carbocycles. The van der Waals surface area contributed by atoms with Gasteiger partial charge in [0.1, 0.15) is 6.10 Å². The third-order valence-corrected chi connectivity index (χ3v) is 4.21. The molecule has 0 radical (unpaired) electrons. The summed E-state index contributed by atoms with van der Waals surface area (Å²) in [6, 6.07) is 0.0302. The molecule has 3 aliphatic rings. The first-order valence-corrected chi connectivity index (χ1v) is 6.56. The molecule has 0 aromatic heterocycles. The number of ether oxygens (including phenoxy) is 2. The summed E-state index contributed by atoms with van der Waals surface area (Å²) in [4.78, 5) is 11.9. The number of carbonyl (C=O) groups excluding carboxylic acids is 1. The lowest BCUT2D eigenvalue weighted by Gasteiger charge is -2.52. The van der Waals surface area contributed by atoms with Crippen molar-refractivity contribution in [2.45, 2.75) is 50.0 Å². The fraction of sp³-hybridized carbons (Fsp3) is 0.917. The zero-order valence-corrected chi connectivity index (χ0v) is 9.93. The van der Waals surface area contributed by atoms with E-state index in [0.29, 0.717) is 12.5 Å². The van der Waals surface area contributed by atoms with Crippen LogP contribution in [0.3, 0.4) is 0 Å². The van der Waals surface area contributed by atoms with E-state index < -0.39 is 0 Å². The van der Waals surface area contributed by atoms with Crippen LogP contribution in [0.1, 0.15) is 25.7 Å². The summed E-state index contributed by atoms with van der Waals surface area (Å²) in [7, 11) is 0. The second-order valence-electron chi connectivity index (χ2n) is 5.25. The van der Waals surface area contributed by atoms with Gasteiger partial charge in [0.05, 0.1) is 12.1 Å². The van der Waals surface area contributed by atoms with Crippen LogP contribution in [0, 0.1) is 5.92 Å². The van der Waals surface area contributed by atoms with Crippen molar-refractivity contribution in [1.82, 2.24) is 5.32 Å². The minimum absolute atomic E-state index is 0.0167. The predicted octanol–water partition coefficient (Wildman–Crippen LogP) is -0.214. The van der Waals surface area contributed by atoms with E-state index in [-0.39, 0.29) is 30.2 Å². The number of hydrogen-bond donors (Lipinski definition) is 2. The van der Waals surface area contributed by atoms with E-state index in [0.717, 1.165) is 32.3 Å². The number of nitrogens with one attached hydrogen (secondary N) is 1. The lowest BCUT2D eigenvalue weighted by Crippen LogP contribution is -2.72. The molecule has 2 heterocycles. The Morgan fingerprint density at radius 1 is 1.18 bits per heavy atom. The Balaban J connectivity index is 1.56. The zero-order chi connectivity index (χ0) is 11.8. The fourth-order valence-corrected chi connectivity index (χ4v) is 3.17. The molecule has 2 aliphatic heterocycles. The van der Waals surface area contributed by atoms with Gasteiger partial charge in [-0.2, -0.15) is 0 Å². The highest BCUT2D eigenvalue weighted by Gasteiger charge is 2.51. The van der Waals surface area contributed by atoms with Gasteiger partial charge in [-0.1, -0.05) is 0 Å². The number of hydrogen-bond acceptors (Lipinski definition) is 4. The highest BCUT2D eigenvalue weighted by molar-refractivity contribution is 5.81. The summed E-state index contributed by atoms with van der Waals surface area (Å²) in [5.74, 6) is 0.411. The number of rotatable bonds is 2. The standard InChI is InChI=1S/C12H20N2O3/c13-9-7-3-1-6-17-11(7)10(9)14-12(15)8-4-2-5-16-8/h7-11H,1-6,13H2,(H,14,15)/t7?,8-,9?,10?,11?/m1/s1. The fourth-order valence-electron chi connectivity index (χ4n) is 3.17. The van der Waals surface area contributed by atoms with Crippen LogP contribution < -0.4 is 11.1 Å². The third-order valence-electron chi connectivity index (χ3n) is 4.21. The van der Waals surface area contributed by atoms with E-state index in [1.165, 1.54) is 0 Å². The molecule has 3 fully saturated rings. The summed E-state index contributed by atoms with van der Waals surface area (Å²) < 4.78 is 11.0. The van der Waals surface area contributed by atoms with Gasteiger partial charge in [0.15, 0.2) is 0 Å². The first-order chi connectivity index (χ1) is 8.27. The van der Waals surface area contributed by atoms with Gasteiger partial charge in [-0.15, -0.1) is 0 Å². The Morgan fingerprint density at radius 3 is 2.71 bits per heavy atom. The lowest BCUT2D eigenvalue weighted by molar-refractivity contribution is -0.145. The van der Waals surface area contributed by atoms with Gasteiger partial charge in [0, 0.05) is 25.2 Å². The van der Waals surface area contributed by atoms with Crippen LogP contribution in [0.5, 0.6) is 0 Å². The molecule has 0 aromatic carbocycles. The summed E-state index contributed by atoms with van der Waals surface area (Å²) in [6.07, 6.45) is 3.86. The number of amides is 1. The van der Waals surface area contributed by atoms with Gasteiger partial charge in [0.25, 0.3) is 0 Å². The van der Waals surface area contributed by atoms with Crippen LogP contribution in [-0.2, 0) is 14.3 Å². The van der Waals surface area contributed by atoms with Gasteiger partial charge in [-0.3, -0.25) is 4.79 Å². The monoisotopic (exact) mass is 240 g/mol. The van der Waals surface area contributed by atoms with Crippen LogP contribution >= 0.6 is 0 Å². The molecule has 1 saturated carbocycles. The maximum atomic E-state index is 11.9. The number of nitrogens with two attached hydrogens (primary N) is 1. The molecule has 5 atom stereocenters. The molecule has 0 bridgehead atoms. The quantitative estimate of drug-likeness (QED) is 0.700. The normalized spacial score (nSPS) is 44.9. The maximum Gasteiger partial charge on any atom is 0.249 e. The van der Waals surface area contributed by atoms with Crippen molar-refractivity contribution in [3.05, 3.63) is 0 Å². The van der Waals surface area contributed by atoms with Crippen LogP contribution in [0.4, 0.5) is 0 Å². The average molecular weight is 240 g/mol. The van der Waals surface area contributed by atoms with E-state index in [1.54, 1.807) is 0 Å². The van der Waals surface area contributed by atoms with E-state index in [4.69, 9.17) is 15.2 Å². The molecule has 4 unspecified atom stereocenters. The third kappa shape index (κ3) is 1.96. The minimum atomic E-state index is -0.273. The van der Waals surface area contributed by atoms with Crippen LogP contribution in [-0.4, -0.2) is 43.4 Å². The van der Waals surface area contributed by atoms with Crippen molar-refractivity contribution < 1.29 is 14.3 Å². The highest BCUT2D eigenvalue weighted by atomic mass is 16.5. The van der Waals surface area contributed by atoms with Crippen molar-refractivity contribution in [2.75, 3.05) is 13.2 Å². The average Bonchev–Trinajstić information content (AvgIpc) is 2.89. The van der Waals surface area contributed by atoms with Crippen molar-refractivity contribution in [3.8, 4) is 0 Å².